The van der Waals surface area contributed by atoms with Gasteiger partial charge in [-0.05, 0) is 49.6 Å². The maximum atomic E-state index is 9.42. The lowest BCUT2D eigenvalue weighted by molar-refractivity contribution is 0.475. The number of nitrogens with zero attached hydrogens (tertiary/aromatic N) is 1. The van der Waals surface area contributed by atoms with Crippen molar-refractivity contribution in [3.63, 3.8) is 0 Å². The second kappa shape index (κ2) is 6.12. The van der Waals surface area contributed by atoms with Crippen molar-refractivity contribution in [3.05, 3.63) is 60.2 Å². The number of hydrogen-bond acceptors (Lipinski definition) is 3. The van der Waals surface area contributed by atoms with Crippen LogP contribution in [-0.2, 0) is 6.42 Å². The van der Waals surface area contributed by atoms with Crippen molar-refractivity contribution < 1.29 is 5.11 Å². The zero-order chi connectivity index (χ0) is 14.4. The first-order chi connectivity index (χ1) is 9.61. The Kier molecular flexibility index (Phi) is 4.27. The normalized spacial score (nSPS) is 13.2. The molecule has 3 nitrogen and oxygen atoms in total. The summed E-state index contributed by atoms with van der Waals surface area (Å²) in [6.45, 7) is 1.90. The molecular weight excluding hydrogens is 248 g/mol. The first-order valence-corrected chi connectivity index (χ1v) is 6.64. The van der Waals surface area contributed by atoms with Crippen molar-refractivity contribution >= 4 is 5.69 Å². The molecule has 2 aromatic carbocycles. The molecule has 0 aromatic heterocycles. The van der Waals surface area contributed by atoms with Crippen molar-refractivity contribution in [2.24, 2.45) is 0 Å². The summed E-state index contributed by atoms with van der Waals surface area (Å²) < 4.78 is 0. The number of rotatable bonds is 5. The molecule has 0 aliphatic carbocycles. The average molecular weight is 266 g/mol. The molecule has 20 heavy (non-hydrogen) atoms. The molecule has 2 N–H and O–H groups in total. The molecule has 0 bridgehead atoms. The Morgan fingerprint density at radius 2 is 1.75 bits per heavy atom. The van der Waals surface area contributed by atoms with Crippen LogP contribution in [0, 0.1) is 11.3 Å². The standard InChI is InChI=1S/C17H18N2O/c1-17(13-18,19-15-5-3-2-4-6-15)12-11-14-7-9-16(20)10-8-14/h2-10,19-20H,11-12H2,1H3. The second-order valence-corrected chi connectivity index (χ2v) is 5.10. The Labute approximate surface area is 119 Å². The fourth-order valence-corrected chi connectivity index (χ4v) is 2.04. The van der Waals surface area contributed by atoms with Gasteiger partial charge in [-0.15, -0.1) is 0 Å². The molecule has 0 aliphatic heterocycles. The highest BCUT2D eigenvalue weighted by atomic mass is 16.3. The van der Waals surface area contributed by atoms with E-state index in [0.717, 1.165) is 17.7 Å². The molecule has 0 heterocycles. The Hall–Kier alpha value is -2.47. The van der Waals surface area contributed by atoms with E-state index in [2.05, 4.69) is 11.4 Å². The summed E-state index contributed by atoms with van der Waals surface area (Å²) in [5, 5.41) is 22.0. The third kappa shape index (κ3) is 3.76. The van der Waals surface area contributed by atoms with E-state index in [0.29, 0.717) is 6.42 Å². The molecule has 1 unspecified atom stereocenters. The van der Waals surface area contributed by atoms with E-state index in [4.69, 9.17) is 0 Å². The molecule has 0 fully saturated rings. The summed E-state index contributed by atoms with van der Waals surface area (Å²) in [4.78, 5) is 0. The number of nitriles is 1. The van der Waals surface area contributed by atoms with Crippen LogP contribution in [0.25, 0.3) is 0 Å². The zero-order valence-corrected chi connectivity index (χ0v) is 11.5. The first-order valence-electron chi connectivity index (χ1n) is 6.64. The van der Waals surface area contributed by atoms with Gasteiger partial charge in [0.05, 0.1) is 6.07 Å². The van der Waals surface area contributed by atoms with Gasteiger partial charge in [-0.1, -0.05) is 30.3 Å². The summed E-state index contributed by atoms with van der Waals surface area (Å²) in [5.41, 5.74) is 1.44. The monoisotopic (exact) mass is 266 g/mol. The smallest absolute Gasteiger partial charge is 0.122 e. The predicted molar refractivity (Wildman–Crippen MR) is 80.5 cm³/mol. The molecular formula is C17H18N2O. The van der Waals surface area contributed by atoms with Gasteiger partial charge < -0.3 is 10.4 Å². The molecule has 2 aromatic rings. The van der Waals surface area contributed by atoms with E-state index >= 15 is 0 Å². The SMILES string of the molecule is CC(C#N)(CCc1ccc(O)cc1)Nc1ccccc1. The van der Waals surface area contributed by atoms with E-state index in [1.54, 1.807) is 12.1 Å². The second-order valence-electron chi connectivity index (χ2n) is 5.10. The van der Waals surface area contributed by atoms with Crippen LogP contribution in [0.4, 0.5) is 5.69 Å². The summed E-state index contributed by atoms with van der Waals surface area (Å²) in [6, 6.07) is 19.2. The van der Waals surface area contributed by atoms with Crippen molar-refractivity contribution in [1.82, 2.24) is 0 Å². The van der Waals surface area contributed by atoms with Crippen molar-refractivity contribution in [2.75, 3.05) is 5.32 Å². The van der Waals surface area contributed by atoms with Crippen LogP contribution >= 0.6 is 0 Å². The maximum absolute atomic E-state index is 9.42. The first kappa shape index (κ1) is 14.0. The Morgan fingerprint density at radius 3 is 2.35 bits per heavy atom. The van der Waals surface area contributed by atoms with Crippen LogP contribution in [0.15, 0.2) is 54.6 Å². The lowest BCUT2D eigenvalue weighted by atomic mass is 9.94. The summed E-state index contributed by atoms with van der Waals surface area (Å²) >= 11 is 0. The molecule has 102 valence electrons. The number of aryl methyl sites for hydroxylation is 1. The highest BCUT2D eigenvalue weighted by molar-refractivity contribution is 5.47. The van der Waals surface area contributed by atoms with E-state index < -0.39 is 5.54 Å². The van der Waals surface area contributed by atoms with Crippen molar-refractivity contribution in [1.29, 1.82) is 5.26 Å². The van der Waals surface area contributed by atoms with Crippen LogP contribution in [0.3, 0.4) is 0 Å². The largest absolute Gasteiger partial charge is 0.508 e. The van der Waals surface area contributed by atoms with Crippen LogP contribution in [0.2, 0.25) is 0 Å². The molecule has 0 aliphatic rings. The van der Waals surface area contributed by atoms with E-state index in [1.165, 1.54) is 0 Å². The number of anilines is 1. The van der Waals surface area contributed by atoms with Crippen LogP contribution < -0.4 is 5.32 Å². The maximum Gasteiger partial charge on any atom is 0.122 e. The van der Waals surface area contributed by atoms with Gasteiger partial charge in [0.25, 0.3) is 0 Å². The van der Waals surface area contributed by atoms with Crippen LogP contribution in [0.1, 0.15) is 18.9 Å². The van der Waals surface area contributed by atoms with Gasteiger partial charge in [-0.2, -0.15) is 5.26 Å². The molecule has 2 rings (SSSR count). The molecule has 0 radical (unpaired) electrons. The van der Waals surface area contributed by atoms with E-state index in [9.17, 15) is 10.4 Å². The zero-order valence-electron chi connectivity index (χ0n) is 11.5. The number of hydrogen-bond donors (Lipinski definition) is 2. The highest BCUT2D eigenvalue weighted by Gasteiger charge is 2.23. The number of para-hydroxylation sites is 1. The third-order valence-corrected chi connectivity index (χ3v) is 3.29. The molecule has 1 atom stereocenters. The van der Waals surface area contributed by atoms with E-state index in [-0.39, 0.29) is 5.75 Å². The van der Waals surface area contributed by atoms with Crippen LogP contribution in [0.5, 0.6) is 5.75 Å². The number of nitrogens with one attached hydrogen (secondary N) is 1. The van der Waals surface area contributed by atoms with Gasteiger partial charge in [-0.3, -0.25) is 0 Å². The minimum atomic E-state index is -0.612. The Morgan fingerprint density at radius 1 is 1.10 bits per heavy atom. The molecule has 0 saturated heterocycles. The van der Waals surface area contributed by atoms with Gasteiger partial charge in [-0.25, -0.2) is 0 Å². The Balaban J connectivity index is 2.01. The van der Waals surface area contributed by atoms with Gasteiger partial charge >= 0.3 is 0 Å². The summed E-state index contributed by atoms with van der Waals surface area (Å²) in [6.07, 6.45) is 1.48. The molecule has 0 amide bonds. The lowest BCUT2D eigenvalue weighted by Crippen LogP contribution is -2.33. The fraction of sp³-hybridized carbons (Fsp3) is 0.235. The van der Waals surface area contributed by atoms with E-state index in [1.807, 2.05) is 49.4 Å². The molecule has 0 saturated carbocycles. The highest BCUT2D eigenvalue weighted by Crippen LogP contribution is 2.21. The number of benzene rings is 2. The van der Waals surface area contributed by atoms with Gasteiger partial charge in [0.2, 0.25) is 0 Å². The predicted octanol–water partition coefficient (Wildman–Crippen LogP) is 3.72. The van der Waals surface area contributed by atoms with Crippen molar-refractivity contribution in [3.8, 4) is 11.8 Å². The third-order valence-electron chi connectivity index (χ3n) is 3.29. The molecule has 3 heteroatoms. The number of phenols is 1. The minimum absolute atomic E-state index is 0.263. The van der Waals surface area contributed by atoms with Crippen LogP contribution in [-0.4, -0.2) is 10.6 Å². The molecule has 0 spiro atoms. The van der Waals surface area contributed by atoms with Gasteiger partial charge in [0.15, 0.2) is 0 Å². The fourth-order valence-electron chi connectivity index (χ4n) is 2.04. The number of aromatic hydroxyl groups is 1. The van der Waals surface area contributed by atoms with Crippen molar-refractivity contribution in [2.45, 2.75) is 25.3 Å². The lowest BCUT2D eigenvalue weighted by Gasteiger charge is -2.24. The average Bonchev–Trinajstić information content (AvgIpc) is 2.48. The minimum Gasteiger partial charge on any atom is -0.508 e. The Bertz CT molecular complexity index is 587. The topological polar surface area (TPSA) is 56.0 Å². The van der Waals surface area contributed by atoms with Gasteiger partial charge in [0.1, 0.15) is 11.3 Å². The number of phenolic OH excluding ortho intramolecular Hbond substituents is 1. The summed E-state index contributed by atoms with van der Waals surface area (Å²) in [7, 11) is 0. The van der Waals surface area contributed by atoms with Gasteiger partial charge in [0, 0.05) is 5.69 Å². The quantitative estimate of drug-likeness (QED) is 0.867. The summed E-state index contributed by atoms with van der Waals surface area (Å²) in [5.74, 6) is 0.263.